The van der Waals surface area contributed by atoms with Crippen LogP contribution in [-0.2, 0) is 0 Å². The Morgan fingerprint density at radius 1 is 1.05 bits per heavy atom. The molecule has 0 aliphatic rings. The van der Waals surface area contributed by atoms with Gasteiger partial charge in [-0.15, -0.1) is 10.2 Å². The zero-order valence-corrected chi connectivity index (χ0v) is 11.4. The van der Waals surface area contributed by atoms with Gasteiger partial charge in [0, 0.05) is 11.8 Å². The molecule has 2 aromatic heterocycles. The van der Waals surface area contributed by atoms with E-state index < -0.39 is 0 Å². The molecular weight excluding hydrogens is 266 g/mol. The van der Waals surface area contributed by atoms with E-state index in [9.17, 15) is 0 Å². The number of aromatic nitrogens is 4. The lowest BCUT2D eigenvalue weighted by atomic mass is 10.1. The highest BCUT2D eigenvalue weighted by molar-refractivity contribution is 5.65. The molecule has 3 rings (SSSR count). The molecular formula is C15H13N5O. The van der Waals surface area contributed by atoms with Crippen LogP contribution in [0.15, 0.2) is 48.8 Å². The number of aryl methyl sites for hydroxylation is 1. The Kier molecular flexibility index (Phi) is 3.42. The predicted octanol–water partition coefficient (Wildman–Crippen LogP) is 2.62. The van der Waals surface area contributed by atoms with Gasteiger partial charge in [0.25, 0.3) is 5.88 Å². The second kappa shape index (κ2) is 5.54. The molecule has 2 N–H and O–H groups in total. The van der Waals surface area contributed by atoms with Gasteiger partial charge in [-0.05, 0) is 18.6 Å². The Morgan fingerprint density at radius 3 is 2.62 bits per heavy atom. The average molecular weight is 279 g/mol. The molecule has 0 saturated carbocycles. The Balaban J connectivity index is 2.05. The quantitative estimate of drug-likeness (QED) is 0.793. The molecule has 2 heterocycles. The molecule has 0 amide bonds. The molecule has 0 bridgehead atoms. The summed E-state index contributed by atoms with van der Waals surface area (Å²) in [5.74, 6) is 1.01. The monoisotopic (exact) mass is 279 g/mol. The smallest absolute Gasteiger partial charge is 0.265 e. The van der Waals surface area contributed by atoms with Crippen LogP contribution >= 0.6 is 0 Å². The summed E-state index contributed by atoms with van der Waals surface area (Å²) in [6.45, 7) is 1.93. The van der Waals surface area contributed by atoms with Crippen LogP contribution in [0, 0.1) is 6.92 Å². The maximum Gasteiger partial charge on any atom is 0.265 e. The van der Waals surface area contributed by atoms with Crippen LogP contribution in [0.25, 0.3) is 11.3 Å². The van der Waals surface area contributed by atoms with Crippen LogP contribution < -0.4 is 10.5 Å². The summed E-state index contributed by atoms with van der Waals surface area (Å²) in [5, 5.41) is 7.77. The average Bonchev–Trinajstić information content (AvgIpc) is 2.52. The van der Waals surface area contributed by atoms with E-state index >= 15 is 0 Å². The standard InChI is InChI=1S/C15H13N5O/c1-10-7-8-17-9-12(10)21-14-13(18-15(16)20-19-14)11-5-3-2-4-6-11/h2-9H,1H3,(H2,16,18,20). The van der Waals surface area contributed by atoms with E-state index in [1.165, 1.54) is 0 Å². The van der Waals surface area contributed by atoms with Crippen LogP contribution in [0.2, 0.25) is 0 Å². The lowest BCUT2D eigenvalue weighted by molar-refractivity contribution is 0.449. The summed E-state index contributed by atoms with van der Waals surface area (Å²) in [5.41, 5.74) is 7.99. The minimum atomic E-state index is 0.101. The normalized spacial score (nSPS) is 10.3. The van der Waals surface area contributed by atoms with Gasteiger partial charge in [0.05, 0.1) is 6.20 Å². The lowest BCUT2D eigenvalue weighted by Gasteiger charge is -2.10. The van der Waals surface area contributed by atoms with Crippen molar-refractivity contribution in [3.63, 3.8) is 0 Å². The fraction of sp³-hybridized carbons (Fsp3) is 0.0667. The third-order valence-electron chi connectivity index (χ3n) is 2.92. The second-order valence-electron chi connectivity index (χ2n) is 4.43. The molecule has 0 unspecified atom stereocenters. The van der Waals surface area contributed by atoms with Crippen molar-refractivity contribution in [2.75, 3.05) is 5.73 Å². The SMILES string of the molecule is Cc1ccncc1Oc1nnc(N)nc1-c1ccccc1. The molecule has 6 nitrogen and oxygen atoms in total. The first kappa shape index (κ1) is 13.0. The highest BCUT2D eigenvalue weighted by Crippen LogP contribution is 2.30. The molecule has 0 aliphatic heterocycles. The number of pyridine rings is 1. The number of nitrogen functional groups attached to an aromatic ring is 1. The second-order valence-corrected chi connectivity index (χ2v) is 4.43. The van der Waals surface area contributed by atoms with Gasteiger partial charge < -0.3 is 10.5 Å². The number of benzene rings is 1. The Morgan fingerprint density at radius 2 is 1.86 bits per heavy atom. The van der Waals surface area contributed by atoms with Gasteiger partial charge >= 0.3 is 0 Å². The highest BCUT2D eigenvalue weighted by atomic mass is 16.5. The maximum absolute atomic E-state index is 5.80. The Labute approximate surface area is 121 Å². The van der Waals surface area contributed by atoms with E-state index in [2.05, 4.69) is 20.2 Å². The Hall–Kier alpha value is -3.02. The summed E-state index contributed by atoms with van der Waals surface area (Å²) >= 11 is 0. The molecule has 0 atom stereocenters. The van der Waals surface area contributed by atoms with Gasteiger partial charge in [0.15, 0.2) is 5.75 Å². The largest absolute Gasteiger partial charge is 0.434 e. The third kappa shape index (κ3) is 2.79. The molecule has 1 aromatic carbocycles. The van der Waals surface area contributed by atoms with Crippen molar-refractivity contribution in [3.05, 3.63) is 54.4 Å². The fourth-order valence-electron chi connectivity index (χ4n) is 1.84. The summed E-state index contributed by atoms with van der Waals surface area (Å²) in [6, 6.07) is 11.4. The molecule has 104 valence electrons. The molecule has 0 radical (unpaired) electrons. The van der Waals surface area contributed by atoms with Crippen LogP contribution in [0.3, 0.4) is 0 Å². The number of rotatable bonds is 3. The minimum absolute atomic E-state index is 0.101. The van der Waals surface area contributed by atoms with Crippen molar-refractivity contribution in [1.29, 1.82) is 0 Å². The summed E-state index contributed by atoms with van der Waals surface area (Å²) in [7, 11) is 0. The first-order valence-electron chi connectivity index (χ1n) is 6.38. The van der Waals surface area contributed by atoms with Crippen molar-refractivity contribution < 1.29 is 4.74 Å². The van der Waals surface area contributed by atoms with Crippen molar-refractivity contribution in [1.82, 2.24) is 20.2 Å². The zero-order valence-electron chi connectivity index (χ0n) is 11.4. The van der Waals surface area contributed by atoms with E-state index in [1.807, 2.05) is 43.3 Å². The van der Waals surface area contributed by atoms with Crippen molar-refractivity contribution in [3.8, 4) is 22.9 Å². The van der Waals surface area contributed by atoms with Crippen LogP contribution in [0.5, 0.6) is 11.6 Å². The Bertz CT molecular complexity index is 761. The van der Waals surface area contributed by atoms with E-state index in [-0.39, 0.29) is 5.95 Å². The number of ether oxygens (including phenoxy) is 1. The number of hydrogen-bond donors (Lipinski definition) is 1. The lowest BCUT2D eigenvalue weighted by Crippen LogP contribution is -2.03. The highest BCUT2D eigenvalue weighted by Gasteiger charge is 2.13. The number of nitrogens with zero attached hydrogens (tertiary/aromatic N) is 4. The van der Waals surface area contributed by atoms with E-state index in [0.717, 1.165) is 11.1 Å². The van der Waals surface area contributed by atoms with E-state index in [4.69, 9.17) is 10.5 Å². The minimum Gasteiger partial charge on any atom is -0.434 e. The summed E-state index contributed by atoms with van der Waals surface area (Å²) in [4.78, 5) is 8.27. The molecule has 3 aromatic rings. The number of hydrogen-bond acceptors (Lipinski definition) is 6. The first-order chi connectivity index (χ1) is 10.2. The molecule has 21 heavy (non-hydrogen) atoms. The summed E-state index contributed by atoms with van der Waals surface area (Å²) < 4.78 is 5.80. The summed E-state index contributed by atoms with van der Waals surface area (Å²) in [6.07, 6.45) is 3.33. The van der Waals surface area contributed by atoms with E-state index in [1.54, 1.807) is 12.4 Å². The van der Waals surface area contributed by atoms with Gasteiger partial charge in [-0.2, -0.15) is 0 Å². The predicted molar refractivity (Wildman–Crippen MR) is 78.7 cm³/mol. The van der Waals surface area contributed by atoms with Crippen molar-refractivity contribution >= 4 is 5.95 Å². The molecule has 0 fully saturated rings. The van der Waals surface area contributed by atoms with Crippen LogP contribution in [0.4, 0.5) is 5.95 Å². The molecule has 0 spiro atoms. The van der Waals surface area contributed by atoms with Gasteiger partial charge in [0.2, 0.25) is 5.95 Å². The molecule has 6 heteroatoms. The number of anilines is 1. The fourth-order valence-corrected chi connectivity index (χ4v) is 1.84. The first-order valence-corrected chi connectivity index (χ1v) is 6.38. The van der Waals surface area contributed by atoms with Crippen LogP contribution in [-0.4, -0.2) is 20.2 Å². The van der Waals surface area contributed by atoms with Gasteiger partial charge in [-0.25, -0.2) is 4.98 Å². The van der Waals surface area contributed by atoms with E-state index in [0.29, 0.717) is 17.3 Å². The van der Waals surface area contributed by atoms with Crippen molar-refractivity contribution in [2.45, 2.75) is 6.92 Å². The zero-order chi connectivity index (χ0) is 14.7. The number of nitrogens with two attached hydrogens (primary N) is 1. The van der Waals surface area contributed by atoms with Crippen LogP contribution in [0.1, 0.15) is 5.56 Å². The molecule has 0 aliphatic carbocycles. The van der Waals surface area contributed by atoms with Gasteiger partial charge in [0.1, 0.15) is 5.69 Å². The van der Waals surface area contributed by atoms with Crippen molar-refractivity contribution in [2.24, 2.45) is 0 Å². The molecule has 0 saturated heterocycles. The topological polar surface area (TPSA) is 86.8 Å². The maximum atomic E-state index is 5.80. The third-order valence-corrected chi connectivity index (χ3v) is 2.92. The van der Waals surface area contributed by atoms with Gasteiger partial charge in [-0.1, -0.05) is 30.3 Å². The van der Waals surface area contributed by atoms with Gasteiger partial charge in [-0.3, -0.25) is 4.98 Å².